The van der Waals surface area contributed by atoms with E-state index in [4.69, 9.17) is 0 Å². The molecule has 126 valence electrons. The van der Waals surface area contributed by atoms with Gasteiger partial charge in [-0.2, -0.15) is 0 Å². The Kier molecular flexibility index (Phi) is 9.64. The molecule has 0 aliphatic carbocycles. The van der Waals surface area contributed by atoms with E-state index in [0.717, 1.165) is 22.7 Å². The largest absolute Gasteiger partial charge is 0.0979 e. The van der Waals surface area contributed by atoms with E-state index >= 15 is 0 Å². The van der Waals surface area contributed by atoms with Crippen molar-refractivity contribution in [1.29, 1.82) is 0 Å². The maximum atomic E-state index is 4.16. The molecule has 0 spiro atoms. The van der Waals surface area contributed by atoms with Crippen molar-refractivity contribution in [1.82, 2.24) is 0 Å². The SMILES string of the molecule is C=C/C(SC(=C)/C=C\C(C)=C/C)=C(\C=C/CC)Cc1ccccc1. The Balaban J connectivity index is 3.03. The molecular weight excluding hydrogens is 308 g/mol. The maximum Gasteiger partial charge on any atom is 0.0151 e. The average molecular weight is 337 g/mol. The van der Waals surface area contributed by atoms with E-state index in [9.17, 15) is 0 Å². The summed E-state index contributed by atoms with van der Waals surface area (Å²) in [6.45, 7) is 14.4. The zero-order valence-electron chi connectivity index (χ0n) is 15.1. The molecule has 0 N–H and O–H groups in total. The Bertz CT molecular complexity index is 655. The fourth-order valence-electron chi connectivity index (χ4n) is 2.04. The normalized spacial score (nSPS) is 13.4. The molecule has 0 aliphatic heterocycles. The molecule has 0 aromatic heterocycles. The summed E-state index contributed by atoms with van der Waals surface area (Å²) in [4.78, 5) is 2.18. The zero-order valence-corrected chi connectivity index (χ0v) is 15.9. The third-order valence-electron chi connectivity index (χ3n) is 3.52. The van der Waals surface area contributed by atoms with Crippen LogP contribution in [0, 0.1) is 0 Å². The maximum absolute atomic E-state index is 4.16. The van der Waals surface area contributed by atoms with Crippen LogP contribution in [-0.2, 0) is 6.42 Å². The Labute approximate surface area is 152 Å². The zero-order chi connectivity index (χ0) is 17.8. The number of thioether (sulfide) groups is 1. The van der Waals surface area contributed by atoms with Gasteiger partial charge in [-0.25, -0.2) is 0 Å². The molecule has 0 amide bonds. The lowest BCUT2D eigenvalue weighted by Crippen LogP contribution is -1.91. The highest BCUT2D eigenvalue weighted by Gasteiger charge is 2.05. The van der Waals surface area contributed by atoms with Crippen LogP contribution < -0.4 is 0 Å². The molecule has 1 aromatic carbocycles. The summed E-state index contributed by atoms with van der Waals surface area (Å²) < 4.78 is 0. The standard InChI is InChI=1S/C23H28S/c1-6-9-15-22(18-21-13-11-10-12-14-21)23(8-3)24-20(5)17-16-19(4)7-2/h7-17H,3,5-6,18H2,1-2,4H3/b15-9-,17-16-,19-7-,23-22-. The second kappa shape index (κ2) is 11.5. The highest BCUT2D eigenvalue weighted by Crippen LogP contribution is 2.31. The third kappa shape index (κ3) is 7.52. The minimum absolute atomic E-state index is 0.899. The second-order valence-electron chi connectivity index (χ2n) is 5.50. The van der Waals surface area contributed by atoms with Crippen molar-refractivity contribution in [2.24, 2.45) is 0 Å². The quantitative estimate of drug-likeness (QED) is 0.423. The van der Waals surface area contributed by atoms with Gasteiger partial charge in [0.1, 0.15) is 0 Å². The predicted molar refractivity (Wildman–Crippen MR) is 112 cm³/mol. The first kappa shape index (κ1) is 20.1. The summed E-state index contributed by atoms with van der Waals surface area (Å²) in [6, 6.07) is 10.5. The van der Waals surface area contributed by atoms with Crippen LogP contribution in [0.15, 0.2) is 101 Å². The van der Waals surface area contributed by atoms with Gasteiger partial charge in [-0.1, -0.05) is 98.1 Å². The van der Waals surface area contributed by atoms with Crippen molar-refractivity contribution in [3.63, 3.8) is 0 Å². The van der Waals surface area contributed by atoms with E-state index in [0.29, 0.717) is 0 Å². The van der Waals surface area contributed by atoms with Crippen LogP contribution in [0.3, 0.4) is 0 Å². The van der Waals surface area contributed by atoms with E-state index in [1.54, 1.807) is 11.8 Å². The molecular formula is C23H28S. The van der Waals surface area contributed by atoms with Crippen molar-refractivity contribution in [2.75, 3.05) is 0 Å². The Morgan fingerprint density at radius 1 is 1.12 bits per heavy atom. The van der Waals surface area contributed by atoms with Crippen molar-refractivity contribution < 1.29 is 0 Å². The summed E-state index contributed by atoms with van der Waals surface area (Å²) in [5.41, 5.74) is 3.82. The average Bonchev–Trinajstić information content (AvgIpc) is 2.62. The van der Waals surface area contributed by atoms with Crippen LogP contribution in [0.25, 0.3) is 0 Å². The number of allylic oxidation sites excluding steroid dienone is 8. The molecule has 0 atom stereocenters. The van der Waals surface area contributed by atoms with Gasteiger partial charge in [0.2, 0.25) is 0 Å². The predicted octanol–water partition coefficient (Wildman–Crippen LogP) is 7.40. The molecule has 0 nitrogen and oxygen atoms in total. The highest BCUT2D eigenvalue weighted by molar-refractivity contribution is 8.07. The minimum atomic E-state index is 0.899. The summed E-state index contributed by atoms with van der Waals surface area (Å²) in [5.74, 6) is 0. The lowest BCUT2D eigenvalue weighted by molar-refractivity contribution is 1.16. The topological polar surface area (TPSA) is 0 Å². The van der Waals surface area contributed by atoms with Gasteiger partial charge in [-0.05, 0) is 43.9 Å². The van der Waals surface area contributed by atoms with Gasteiger partial charge < -0.3 is 0 Å². The van der Waals surface area contributed by atoms with Crippen molar-refractivity contribution in [2.45, 2.75) is 33.6 Å². The lowest BCUT2D eigenvalue weighted by Gasteiger charge is -2.10. The van der Waals surface area contributed by atoms with Gasteiger partial charge in [0.15, 0.2) is 0 Å². The summed E-state index contributed by atoms with van der Waals surface area (Å²) in [6.07, 6.45) is 14.5. The first-order chi connectivity index (χ1) is 11.6. The van der Waals surface area contributed by atoms with E-state index in [-0.39, 0.29) is 0 Å². The molecule has 1 heteroatoms. The molecule has 0 heterocycles. The second-order valence-corrected chi connectivity index (χ2v) is 6.67. The summed E-state index contributed by atoms with van der Waals surface area (Å²) >= 11 is 1.68. The van der Waals surface area contributed by atoms with Gasteiger partial charge in [0.05, 0.1) is 0 Å². The Morgan fingerprint density at radius 2 is 1.83 bits per heavy atom. The highest BCUT2D eigenvalue weighted by atomic mass is 32.2. The minimum Gasteiger partial charge on any atom is -0.0979 e. The molecule has 0 radical (unpaired) electrons. The van der Waals surface area contributed by atoms with E-state index in [1.165, 1.54) is 16.7 Å². The van der Waals surface area contributed by atoms with Crippen LogP contribution in [0.1, 0.15) is 32.8 Å². The Morgan fingerprint density at radius 3 is 2.42 bits per heavy atom. The monoisotopic (exact) mass is 336 g/mol. The van der Waals surface area contributed by atoms with Gasteiger partial charge >= 0.3 is 0 Å². The van der Waals surface area contributed by atoms with Crippen LogP contribution in [-0.4, -0.2) is 0 Å². The van der Waals surface area contributed by atoms with Gasteiger partial charge in [0, 0.05) is 9.81 Å². The molecule has 0 fully saturated rings. The van der Waals surface area contributed by atoms with Crippen molar-refractivity contribution >= 4 is 11.8 Å². The molecule has 24 heavy (non-hydrogen) atoms. The summed E-state index contributed by atoms with van der Waals surface area (Å²) in [7, 11) is 0. The van der Waals surface area contributed by atoms with Gasteiger partial charge in [-0.15, -0.1) is 0 Å². The fraction of sp³-hybridized carbons (Fsp3) is 0.217. The molecule has 0 saturated carbocycles. The number of rotatable bonds is 9. The first-order valence-corrected chi connectivity index (χ1v) is 9.16. The number of benzene rings is 1. The third-order valence-corrected chi connectivity index (χ3v) is 4.57. The molecule has 0 aliphatic rings. The van der Waals surface area contributed by atoms with Crippen LogP contribution in [0.2, 0.25) is 0 Å². The van der Waals surface area contributed by atoms with Crippen LogP contribution >= 0.6 is 11.8 Å². The van der Waals surface area contributed by atoms with Crippen LogP contribution in [0.5, 0.6) is 0 Å². The molecule has 0 unspecified atom stereocenters. The van der Waals surface area contributed by atoms with E-state index < -0.39 is 0 Å². The van der Waals surface area contributed by atoms with Crippen LogP contribution in [0.4, 0.5) is 0 Å². The summed E-state index contributed by atoms with van der Waals surface area (Å²) in [5, 5.41) is 0. The van der Waals surface area contributed by atoms with E-state index in [2.05, 4.69) is 81.7 Å². The van der Waals surface area contributed by atoms with E-state index in [1.807, 2.05) is 19.1 Å². The first-order valence-electron chi connectivity index (χ1n) is 8.34. The Hall–Kier alpha value is -1.99. The fourth-order valence-corrected chi connectivity index (χ4v) is 2.81. The lowest BCUT2D eigenvalue weighted by atomic mass is 10.0. The smallest absolute Gasteiger partial charge is 0.0151 e. The molecule has 0 saturated heterocycles. The molecule has 1 rings (SSSR count). The van der Waals surface area contributed by atoms with Crippen molar-refractivity contribution in [3.8, 4) is 0 Å². The van der Waals surface area contributed by atoms with Crippen molar-refractivity contribution in [3.05, 3.63) is 106 Å². The number of hydrogen-bond acceptors (Lipinski definition) is 1. The number of hydrogen-bond donors (Lipinski definition) is 0. The molecule has 1 aromatic rings. The molecule has 0 bridgehead atoms. The van der Waals surface area contributed by atoms with Gasteiger partial charge in [-0.3, -0.25) is 0 Å². The van der Waals surface area contributed by atoms with Gasteiger partial charge in [0.25, 0.3) is 0 Å².